The number of nitrogens with one attached hydrogen (secondary N) is 3. The van der Waals surface area contributed by atoms with Crippen LogP contribution in [0, 0.1) is 0 Å². The van der Waals surface area contributed by atoms with Crippen molar-refractivity contribution in [1.29, 1.82) is 0 Å². The first-order chi connectivity index (χ1) is 18.0. The van der Waals surface area contributed by atoms with Gasteiger partial charge in [0, 0.05) is 42.1 Å². The van der Waals surface area contributed by atoms with E-state index in [0.29, 0.717) is 29.8 Å². The van der Waals surface area contributed by atoms with E-state index in [1.807, 2.05) is 47.4 Å². The summed E-state index contributed by atoms with van der Waals surface area (Å²) in [5.74, 6) is -0.221. The van der Waals surface area contributed by atoms with E-state index >= 15 is 0 Å². The molecule has 0 atom stereocenters. The van der Waals surface area contributed by atoms with Gasteiger partial charge < -0.3 is 20.9 Å². The van der Waals surface area contributed by atoms with Gasteiger partial charge in [-0.2, -0.15) is 0 Å². The highest BCUT2D eigenvalue weighted by atomic mass is 16.2. The fraction of sp³-hybridized carbons (Fsp3) is 0.300. The average Bonchev–Trinajstić information content (AvgIpc) is 2.92. The van der Waals surface area contributed by atoms with Crippen molar-refractivity contribution in [2.75, 3.05) is 35.6 Å². The highest BCUT2D eigenvalue weighted by Gasteiger charge is 2.14. The van der Waals surface area contributed by atoms with Gasteiger partial charge in [-0.3, -0.25) is 14.4 Å². The second kappa shape index (κ2) is 14.4. The van der Waals surface area contributed by atoms with Gasteiger partial charge >= 0.3 is 0 Å². The topological polar surface area (TPSA) is 90.5 Å². The number of anilines is 3. The number of hydrogen-bond donors (Lipinski definition) is 3. The van der Waals surface area contributed by atoms with E-state index in [1.165, 1.54) is 0 Å². The van der Waals surface area contributed by atoms with Gasteiger partial charge in [0.25, 0.3) is 5.91 Å². The maximum atomic E-state index is 12.7. The molecule has 0 saturated carbocycles. The predicted octanol–water partition coefficient (Wildman–Crippen LogP) is 5.57. The highest BCUT2D eigenvalue weighted by molar-refractivity contribution is 5.96. The van der Waals surface area contributed by atoms with E-state index in [1.54, 1.807) is 36.4 Å². The van der Waals surface area contributed by atoms with Crippen LogP contribution in [-0.4, -0.2) is 42.3 Å². The minimum Gasteiger partial charge on any atom is -0.376 e. The van der Waals surface area contributed by atoms with Gasteiger partial charge in [-0.05, 0) is 73.4 Å². The second-order valence-electron chi connectivity index (χ2n) is 8.88. The first-order valence-corrected chi connectivity index (χ1v) is 12.9. The van der Waals surface area contributed by atoms with Crippen LogP contribution in [0.4, 0.5) is 17.1 Å². The molecule has 3 amide bonds. The first-order valence-electron chi connectivity index (χ1n) is 12.9. The Morgan fingerprint density at radius 1 is 0.676 bits per heavy atom. The van der Waals surface area contributed by atoms with E-state index in [-0.39, 0.29) is 24.3 Å². The average molecular weight is 501 g/mol. The number of amides is 3. The standard InChI is InChI=1S/C30H36N4O3/c1-3-20-34(21-4-2)30(37)24-11-13-25(14-12-24)31-22-29(36)33-27-17-15-26(16-18-27)32-28(35)19-10-23-8-6-5-7-9-23/h5-9,11-18,31H,3-4,10,19-22H2,1-2H3,(H,32,35)(H,33,36). The van der Waals surface area contributed by atoms with E-state index in [2.05, 4.69) is 29.8 Å². The quantitative estimate of drug-likeness (QED) is 0.286. The Morgan fingerprint density at radius 2 is 1.22 bits per heavy atom. The molecule has 0 aliphatic carbocycles. The first kappa shape index (κ1) is 27.5. The molecule has 194 valence electrons. The summed E-state index contributed by atoms with van der Waals surface area (Å²) < 4.78 is 0. The number of rotatable bonds is 13. The van der Waals surface area contributed by atoms with E-state index in [4.69, 9.17) is 0 Å². The smallest absolute Gasteiger partial charge is 0.253 e. The fourth-order valence-electron chi connectivity index (χ4n) is 3.92. The molecule has 0 aromatic heterocycles. The molecule has 7 heteroatoms. The molecule has 0 heterocycles. The molecule has 3 aromatic carbocycles. The lowest BCUT2D eigenvalue weighted by molar-refractivity contribution is -0.116. The number of carbonyl (C=O) groups excluding carboxylic acids is 3. The summed E-state index contributed by atoms with van der Waals surface area (Å²) in [6.45, 7) is 5.70. The lowest BCUT2D eigenvalue weighted by Gasteiger charge is -2.21. The molecule has 0 unspecified atom stereocenters. The van der Waals surface area contributed by atoms with Crippen LogP contribution in [0.25, 0.3) is 0 Å². The van der Waals surface area contributed by atoms with E-state index in [9.17, 15) is 14.4 Å². The molecule has 3 rings (SSSR count). The maximum absolute atomic E-state index is 12.7. The van der Waals surface area contributed by atoms with Crippen molar-refractivity contribution in [1.82, 2.24) is 4.90 Å². The second-order valence-corrected chi connectivity index (χ2v) is 8.88. The Balaban J connectivity index is 1.42. The van der Waals surface area contributed by atoms with Crippen molar-refractivity contribution in [2.24, 2.45) is 0 Å². The summed E-state index contributed by atoms with van der Waals surface area (Å²) >= 11 is 0. The molecular formula is C30H36N4O3. The molecule has 0 aliphatic heterocycles. The molecule has 0 aliphatic rings. The molecule has 3 N–H and O–H groups in total. The van der Waals surface area contributed by atoms with E-state index in [0.717, 1.165) is 37.2 Å². The molecule has 0 fully saturated rings. The molecule has 0 bridgehead atoms. The molecular weight excluding hydrogens is 464 g/mol. The molecule has 0 spiro atoms. The van der Waals surface area contributed by atoms with Crippen molar-refractivity contribution in [3.8, 4) is 0 Å². The zero-order valence-electron chi connectivity index (χ0n) is 21.6. The van der Waals surface area contributed by atoms with Crippen molar-refractivity contribution in [3.05, 3.63) is 90.0 Å². The van der Waals surface area contributed by atoms with Gasteiger partial charge in [-0.15, -0.1) is 0 Å². The maximum Gasteiger partial charge on any atom is 0.253 e. The van der Waals surface area contributed by atoms with Crippen LogP contribution in [-0.2, 0) is 16.0 Å². The molecule has 0 saturated heterocycles. The van der Waals surface area contributed by atoms with Gasteiger partial charge in [0.1, 0.15) is 0 Å². The van der Waals surface area contributed by atoms with Crippen LogP contribution in [0.15, 0.2) is 78.9 Å². The highest BCUT2D eigenvalue weighted by Crippen LogP contribution is 2.15. The molecule has 3 aromatic rings. The van der Waals surface area contributed by atoms with Crippen molar-refractivity contribution >= 4 is 34.8 Å². The summed E-state index contributed by atoms with van der Waals surface area (Å²) in [4.78, 5) is 39.2. The Labute approximate surface area is 219 Å². The van der Waals surface area contributed by atoms with Crippen LogP contribution in [0.2, 0.25) is 0 Å². The SMILES string of the molecule is CCCN(CCC)C(=O)c1ccc(NCC(=O)Nc2ccc(NC(=O)CCc3ccccc3)cc2)cc1. The fourth-order valence-corrected chi connectivity index (χ4v) is 3.92. The number of benzene rings is 3. The van der Waals surface area contributed by atoms with Crippen molar-refractivity contribution in [3.63, 3.8) is 0 Å². The zero-order chi connectivity index (χ0) is 26.5. The lowest BCUT2D eigenvalue weighted by atomic mass is 10.1. The van der Waals surface area contributed by atoms with Gasteiger partial charge in [-0.25, -0.2) is 0 Å². The zero-order valence-corrected chi connectivity index (χ0v) is 21.6. The van der Waals surface area contributed by atoms with Crippen LogP contribution in [0.5, 0.6) is 0 Å². The van der Waals surface area contributed by atoms with Gasteiger partial charge in [0.05, 0.1) is 6.54 Å². The lowest BCUT2D eigenvalue weighted by Crippen LogP contribution is -2.32. The van der Waals surface area contributed by atoms with Crippen molar-refractivity contribution < 1.29 is 14.4 Å². The molecule has 37 heavy (non-hydrogen) atoms. The van der Waals surface area contributed by atoms with Crippen LogP contribution in [0.1, 0.15) is 49.0 Å². The minimum absolute atomic E-state index is 0.0313. The number of nitrogens with zero attached hydrogens (tertiary/aromatic N) is 1. The third-order valence-electron chi connectivity index (χ3n) is 5.80. The van der Waals surface area contributed by atoms with E-state index < -0.39 is 0 Å². The third kappa shape index (κ3) is 9.11. The Bertz CT molecular complexity index is 1140. The van der Waals surface area contributed by atoms with Crippen LogP contribution in [0.3, 0.4) is 0 Å². The normalized spacial score (nSPS) is 10.4. The predicted molar refractivity (Wildman–Crippen MR) is 150 cm³/mol. The minimum atomic E-state index is -0.197. The largest absolute Gasteiger partial charge is 0.376 e. The summed E-state index contributed by atoms with van der Waals surface area (Å²) in [5.41, 5.74) is 3.85. The number of hydrogen-bond acceptors (Lipinski definition) is 4. The van der Waals surface area contributed by atoms with Gasteiger partial charge in [0.15, 0.2) is 0 Å². The Morgan fingerprint density at radius 3 is 1.78 bits per heavy atom. The Kier molecular flexibility index (Phi) is 10.7. The van der Waals surface area contributed by atoms with Gasteiger partial charge in [0.2, 0.25) is 11.8 Å². The molecule has 0 radical (unpaired) electrons. The van der Waals surface area contributed by atoms with Crippen molar-refractivity contribution in [2.45, 2.75) is 39.5 Å². The van der Waals surface area contributed by atoms with Crippen LogP contribution >= 0.6 is 0 Å². The monoisotopic (exact) mass is 500 g/mol. The Hall–Kier alpha value is -4.13. The third-order valence-corrected chi connectivity index (χ3v) is 5.80. The van der Waals surface area contributed by atoms with Crippen LogP contribution < -0.4 is 16.0 Å². The number of aryl methyl sites for hydroxylation is 1. The summed E-state index contributed by atoms with van der Waals surface area (Å²) in [6, 6.07) is 24.1. The summed E-state index contributed by atoms with van der Waals surface area (Å²) in [5, 5.41) is 8.80. The number of carbonyl (C=O) groups is 3. The summed E-state index contributed by atoms with van der Waals surface area (Å²) in [7, 11) is 0. The van der Waals surface area contributed by atoms with Gasteiger partial charge in [-0.1, -0.05) is 44.2 Å². The summed E-state index contributed by atoms with van der Waals surface area (Å²) in [6.07, 6.45) is 2.93. The molecule has 7 nitrogen and oxygen atoms in total.